The molecule has 2 aromatic carbocycles. The predicted molar refractivity (Wildman–Crippen MR) is 64.7 cm³/mol. The van der Waals surface area contributed by atoms with Gasteiger partial charge in [0.1, 0.15) is 0 Å². The third-order valence-electron chi connectivity index (χ3n) is 3.17. The smallest absolute Gasteiger partial charge is 0.193 e. The molecule has 1 aliphatic heterocycles. The minimum atomic E-state index is -1.02. The van der Waals surface area contributed by atoms with Crippen molar-refractivity contribution in [1.29, 1.82) is 0 Å². The summed E-state index contributed by atoms with van der Waals surface area (Å²) in [7, 11) is 0. The van der Waals surface area contributed by atoms with Crippen LogP contribution in [-0.4, -0.2) is 5.78 Å². The van der Waals surface area contributed by atoms with E-state index in [2.05, 4.69) is 0 Å². The van der Waals surface area contributed by atoms with Gasteiger partial charge in [-0.25, -0.2) is 8.78 Å². The Morgan fingerprint density at radius 1 is 0.895 bits per heavy atom. The van der Waals surface area contributed by atoms with Crippen molar-refractivity contribution in [2.75, 3.05) is 0 Å². The van der Waals surface area contributed by atoms with Gasteiger partial charge in [0.15, 0.2) is 17.4 Å². The Kier molecular flexibility index (Phi) is 2.87. The first-order chi connectivity index (χ1) is 9.15. The van der Waals surface area contributed by atoms with Crippen LogP contribution in [0.1, 0.15) is 27.0 Å². The summed E-state index contributed by atoms with van der Waals surface area (Å²) in [5.74, 6) is -2.30. The monoisotopic (exact) mass is 260 g/mol. The number of ketones is 1. The molecule has 4 heteroatoms. The van der Waals surface area contributed by atoms with Crippen LogP contribution in [0.25, 0.3) is 0 Å². The number of hydrogen-bond acceptors (Lipinski definition) is 2. The van der Waals surface area contributed by atoms with E-state index < -0.39 is 11.6 Å². The molecule has 0 fully saturated rings. The van der Waals surface area contributed by atoms with E-state index in [4.69, 9.17) is 4.74 Å². The average molecular weight is 260 g/mol. The molecule has 3 rings (SSSR count). The zero-order chi connectivity index (χ0) is 13.4. The van der Waals surface area contributed by atoms with Gasteiger partial charge in [0.2, 0.25) is 0 Å². The normalized spacial score (nSPS) is 13.4. The minimum Gasteiger partial charge on any atom is -0.372 e. The van der Waals surface area contributed by atoms with Crippen molar-refractivity contribution >= 4 is 5.78 Å². The lowest BCUT2D eigenvalue weighted by atomic mass is 9.99. The van der Waals surface area contributed by atoms with Crippen molar-refractivity contribution in [2.24, 2.45) is 0 Å². The maximum Gasteiger partial charge on any atom is 0.193 e. The van der Waals surface area contributed by atoms with Crippen LogP contribution < -0.4 is 0 Å². The van der Waals surface area contributed by atoms with E-state index >= 15 is 0 Å². The first-order valence-corrected chi connectivity index (χ1v) is 5.84. The van der Waals surface area contributed by atoms with Crippen LogP contribution in [0.2, 0.25) is 0 Å². The number of carbonyl (C=O) groups is 1. The summed E-state index contributed by atoms with van der Waals surface area (Å²) in [5, 5.41) is 0. The van der Waals surface area contributed by atoms with E-state index in [-0.39, 0.29) is 11.3 Å². The molecule has 0 unspecified atom stereocenters. The van der Waals surface area contributed by atoms with Gasteiger partial charge >= 0.3 is 0 Å². The summed E-state index contributed by atoms with van der Waals surface area (Å²) < 4.78 is 31.2. The highest BCUT2D eigenvalue weighted by Gasteiger charge is 2.16. The Hall–Kier alpha value is -2.07. The van der Waals surface area contributed by atoms with Crippen LogP contribution in [0.3, 0.4) is 0 Å². The molecule has 2 aromatic rings. The first-order valence-electron chi connectivity index (χ1n) is 5.84. The molecule has 0 aromatic heterocycles. The summed E-state index contributed by atoms with van der Waals surface area (Å²) in [5.41, 5.74) is 2.61. The Morgan fingerprint density at radius 2 is 1.58 bits per heavy atom. The van der Waals surface area contributed by atoms with E-state index in [0.717, 1.165) is 23.3 Å². The molecule has 0 radical (unpaired) electrons. The second-order valence-electron chi connectivity index (χ2n) is 4.43. The van der Waals surface area contributed by atoms with Crippen LogP contribution in [-0.2, 0) is 18.0 Å². The Labute approximate surface area is 108 Å². The van der Waals surface area contributed by atoms with Crippen molar-refractivity contribution in [2.45, 2.75) is 13.2 Å². The summed E-state index contributed by atoms with van der Waals surface area (Å²) in [6.45, 7) is 1.03. The quantitative estimate of drug-likeness (QED) is 0.775. The number of rotatable bonds is 2. The maximum absolute atomic E-state index is 13.1. The number of hydrogen-bond donors (Lipinski definition) is 0. The van der Waals surface area contributed by atoms with Crippen molar-refractivity contribution in [3.05, 3.63) is 70.3 Å². The molecule has 96 valence electrons. The molecular formula is C15H10F2O2. The second kappa shape index (κ2) is 4.55. The van der Waals surface area contributed by atoms with Gasteiger partial charge in [0.05, 0.1) is 13.2 Å². The molecular weight excluding hydrogens is 250 g/mol. The molecule has 0 amide bonds. The van der Waals surface area contributed by atoms with Gasteiger partial charge in [0.25, 0.3) is 0 Å². The topological polar surface area (TPSA) is 26.3 Å². The van der Waals surface area contributed by atoms with Crippen molar-refractivity contribution < 1.29 is 18.3 Å². The fourth-order valence-electron chi connectivity index (χ4n) is 2.12. The largest absolute Gasteiger partial charge is 0.372 e. The van der Waals surface area contributed by atoms with E-state index in [1.807, 2.05) is 6.07 Å². The Balaban J connectivity index is 1.97. The van der Waals surface area contributed by atoms with Gasteiger partial charge in [-0.15, -0.1) is 0 Å². The van der Waals surface area contributed by atoms with E-state index in [1.165, 1.54) is 6.07 Å². The third kappa shape index (κ3) is 2.15. The number of ether oxygens (including phenoxy) is 1. The lowest BCUT2D eigenvalue weighted by Crippen LogP contribution is -2.03. The summed E-state index contributed by atoms with van der Waals surface area (Å²) in [6, 6.07) is 8.41. The zero-order valence-corrected chi connectivity index (χ0v) is 9.95. The number of fused-ring (bicyclic) bond motifs is 1. The van der Waals surface area contributed by atoms with Gasteiger partial charge in [0, 0.05) is 11.1 Å². The molecule has 0 spiro atoms. The lowest BCUT2D eigenvalue weighted by Gasteiger charge is -2.04. The molecule has 19 heavy (non-hydrogen) atoms. The Bertz CT molecular complexity index is 665. The fraction of sp³-hybridized carbons (Fsp3) is 0.133. The highest BCUT2D eigenvalue weighted by Crippen LogP contribution is 2.22. The Morgan fingerprint density at radius 3 is 2.37 bits per heavy atom. The molecule has 1 heterocycles. The summed E-state index contributed by atoms with van der Waals surface area (Å²) in [6.07, 6.45) is 0. The van der Waals surface area contributed by atoms with Gasteiger partial charge < -0.3 is 4.74 Å². The molecule has 0 atom stereocenters. The van der Waals surface area contributed by atoms with Gasteiger partial charge in [-0.05, 0) is 35.4 Å². The lowest BCUT2D eigenvalue weighted by molar-refractivity contribution is 0.103. The van der Waals surface area contributed by atoms with Gasteiger partial charge in [-0.3, -0.25) is 4.79 Å². The standard InChI is InChI=1S/C15H10F2O2/c16-13-4-3-10(6-14(13)17)15(18)9-1-2-11-7-19-8-12(11)5-9/h1-6H,7-8H2. The second-order valence-corrected chi connectivity index (χ2v) is 4.43. The fourth-order valence-corrected chi connectivity index (χ4v) is 2.12. The molecule has 0 saturated heterocycles. The molecule has 2 nitrogen and oxygen atoms in total. The molecule has 0 aliphatic carbocycles. The predicted octanol–water partition coefficient (Wildman–Crippen LogP) is 3.23. The number of halogens is 2. The van der Waals surface area contributed by atoms with E-state index in [0.29, 0.717) is 18.8 Å². The van der Waals surface area contributed by atoms with E-state index in [1.54, 1.807) is 12.1 Å². The third-order valence-corrected chi connectivity index (χ3v) is 3.17. The molecule has 0 N–H and O–H groups in total. The van der Waals surface area contributed by atoms with Crippen molar-refractivity contribution in [1.82, 2.24) is 0 Å². The zero-order valence-electron chi connectivity index (χ0n) is 9.95. The number of benzene rings is 2. The highest BCUT2D eigenvalue weighted by atomic mass is 19.2. The minimum absolute atomic E-state index is 0.137. The van der Waals surface area contributed by atoms with E-state index in [9.17, 15) is 13.6 Å². The first kappa shape index (κ1) is 12.0. The van der Waals surface area contributed by atoms with Crippen LogP contribution >= 0.6 is 0 Å². The van der Waals surface area contributed by atoms with Crippen LogP contribution in [0, 0.1) is 11.6 Å². The summed E-state index contributed by atoms with van der Waals surface area (Å²) in [4.78, 5) is 12.2. The maximum atomic E-state index is 13.1. The SMILES string of the molecule is O=C(c1ccc(F)c(F)c1)c1ccc2c(c1)COC2. The molecule has 1 aliphatic rings. The average Bonchev–Trinajstić information content (AvgIpc) is 2.88. The van der Waals surface area contributed by atoms with Crippen molar-refractivity contribution in [3.8, 4) is 0 Å². The molecule has 0 bridgehead atoms. The van der Waals surface area contributed by atoms with Crippen LogP contribution in [0.4, 0.5) is 8.78 Å². The molecule has 0 saturated carbocycles. The summed E-state index contributed by atoms with van der Waals surface area (Å²) >= 11 is 0. The van der Waals surface area contributed by atoms with Gasteiger partial charge in [-0.1, -0.05) is 12.1 Å². The highest BCUT2D eigenvalue weighted by molar-refractivity contribution is 6.09. The van der Waals surface area contributed by atoms with Crippen LogP contribution in [0.5, 0.6) is 0 Å². The van der Waals surface area contributed by atoms with Gasteiger partial charge in [-0.2, -0.15) is 0 Å². The number of carbonyl (C=O) groups excluding carboxylic acids is 1. The van der Waals surface area contributed by atoms with Crippen molar-refractivity contribution in [3.63, 3.8) is 0 Å². The van der Waals surface area contributed by atoms with Crippen LogP contribution in [0.15, 0.2) is 36.4 Å².